The molecule has 1 aliphatic rings. The Balaban J connectivity index is 1.42. The highest BCUT2D eigenvalue weighted by Gasteiger charge is 2.24. The zero-order valence-corrected chi connectivity index (χ0v) is 19.3. The third kappa shape index (κ3) is 5.58. The maximum Gasteiger partial charge on any atom is 0.254 e. The molecule has 0 aliphatic carbocycles. The molecule has 3 heterocycles. The molecule has 0 radical (unpaired) electrons. The summed E-state index contributed by atoms with van der Waals surface area (Å²) in [5, 5.41) is 0. The van der Waals surface area contributed by atoms with Crippen molar-refractivity contribution >= 4 is 11.7 Å². The van der Waals surface area contributed by atoms with E-state index in [0.29, 0.717) is 43.4 Å². The Morgan fingerprint density at radius 3 is 2.39 bits per heavy atom. The Kier molecular flexibility index (Phi) is 7.02. The Morgan fingerprint density at radius 2 is 1.70 bits per heavy atom. The van der Waals surface area contributed by atoms with Gasteiger partial charge in [-0.15, -0.1) is 0 Å². The van der Waals surface area contributed by atoms with Crippen molar-refractivity contribution in [3.05, 3.63) is 71.4 Å². The van der Waals surface area contributed by atoms with Gasteiger partial charge in [0.25, 0.3) is 5.91 Å². The first-order valence-corrected chi connectivity index (χ1v) is 11.2. The number of ether oxygens (including phenoxy) is 2. The van der Waals surface area contributed by atoms with Crippen molar-refractivity contribution in [2.45, 2.75) is 27.4 Å². The van der Waals surface area contributed by atoms with Crippen LogP contribution in [0.1, 0.15) is 34.4 Å². The minimum atomic E-state index is -0.00802. The molecule has 1 amide bonds. The third-order valence-electron chi connectivity index (χ3n) is 5.48. The zero-order chi connectivity index (χ0) is 23.2. The Morgan fingerprint density at radius 1 is 0.939 bits per heavy atom. The number of hydrogen-bond acceptors (Lipinski definition) is 7. The number of aryl methyl sites for hydroxylation is 2. The topological polar surface area (TPSA) is 80.7 Å². The Labute approximate surface area is 194 Å². The van der Waals surface area contributed by atoms with Crippen LogP contribution in [0.3, 0.4) is 0 Å². The molecular formula is C25H29N5O3. The molecule has 2 aromatic heterocycles. The minimum Gasteiger partial charge on any atom is -0.490 e. The van der Waals surface area contributed by atoms with Gasteiger partial charge in [-0.2, -0.15) is 0 Å². The number of piperazine rings is 1. The highest BCUT2D eigenvalue weighted by molar-refractivity contribution is 5.95. The molecule has 0 bridgehead atoms. The van der Waals surface area contributed by atoms with Gasteiger partial charge in [-0.25, -0.2) is 9.97 Å². The molecule has 172 valence electrons. The number of carbonyl (C=O) groups excluding carboxylic acids is 1. The van der Waals surface area contributed by atoms with Crippen LogP contribution in [0.5, 0.6) is 11.5 Å². The highest BCUT2D eigenvalue weighted by Crippen LogP contribution is 2.30. The van der Waals surface area contributed by atoms with E-state index in [1.54, 1.807) is 24.5 Å². The minimum absolute atomic E-state index is 0.00802. The van der Waals surface area contributed by atoms with E-state index in [2.05, 4.69) is 19.9 Å². The van der Waals surface area contributed by atoms with Crippen molar-refractivity contribution in [2.24, 2.45) is 0 Å². The lowest BCUT2D eigenvalue weighted by molar-refractivity contribution is 0.0746. The monoisotopic (exact) mass is 447 g/mol. The lowest BCUT2D eigenvalue weighted by Gasteiger charge is -2.35. The van der Waals surface area contributed by atoms with E-state index in [1.165, 1.54) is 0 Å². The number of hydrogen-bond donors (Lipinski definition) is 0. The van der Waals surface area contributed by atoms with Crippen LogP contribution >= 0.6 is 0 Å². The van der Waals surface area contributed by atoms with E-state index >= 15 is 0 Å². The van der Waals surface area contributed by atoms with Crippen molar-refractivity contribution < 1.29 is 14.3 Å². The normalized spacial score (nSPS) is 13.7. The van der Waals surface area contributed by atoms with Crippen LogP contribution in [0.15, 0.2) is 48.8 Å². The van der Waals surface area contributed by atoms with E-state index in [1.807, 2.05) is 49.9 Å². The van der Waals surface area contributed by atoms with Gasteiger partial charge in [0.2, 0.25) is 0 Å². The van der Waals surface area contributed by atoms with Crippen LogP contribution < -0.4 is 14.4 Å². The first kappa shape index (κ1) is 22.5. The number of benzene rings is 1. The van der Waals surface area contributed by atoms with Crippen molar-refractivity contribution in [2.75, 3.05) is 37.7 Å². The van der Waals surface area contributed by atoms with Gasteiger partial charge in [0.05, 0.1) is 6.61 Å². The van der Waals surface area contributed by atoms with E-state index in [0.717, 1.165) is 36.0 Å². The number of amides is 1. The molecule has 1 fully saturated rings. The molecule has 0 unspecified atom stereocenters. The Bertz CT molecular complexity index is 1080. The number of carbonyl (C=O) groups is 1. The third-order valence-corrected chi connectivity index (χ3v) is 5.48. The molecule has 0 spiro atoms. The number of rotatable bonds is 7. The molecule has 8 heteroatoms. The van der Waals surface area contributed by atoms with Crippen molar-refractivity contribution in [1.82, 2.24) is 19.9 Å². The van der Waals surface area contributed by atoms with Gasteiger partial charge in [-0.05, 0) is 56.7 Å². The second-order valence-electron chi connectivity index (χ2n) is 7.93. The maximum atomic E-state index is 13.2. The second kappa shape index (κ2) is 10.3. The fraction of sp³-hybridized carbons (Fsp3) is 0.360. The number of nitrogens with zero attached hydrogens (tertiary/aromatic N) is 5. The van der Waals surface area contributed by atoms with E-state index < -0.39 is 0 Å². The molecule has 1 aromatic carbocycles. The fourth-order valence-electron chi connectivity index (χ4n) is 3.85. The second-order valence-corrected chi connectivity index (χ2v) is 7.93. The van der Waals surface area contributed by atoms with Crippen LogP contribution in [0.2, 0.25) is 0 Å². The lowest BCUT2D eigenvalue weighted by atomic mass is 10.1. The molecular weight excluding hydrogens is 418 g/mol. The van der Waals surface area contributed by atoms with Crippen LogP contribution in [-0.4, -0.2) is 58.5 Å². The maximum absolute atomic E-state index is 13.2. The summed E-state index contributed by atoms with van der Waals surface area (Å²) in [7, 11) is 0. The fourth-order valence-corrected chi connectivity index (χ4v) is 3.85. The summed E-state index contributed by atoms with van der Waals surface area (Å²) in [5.74, 6) is 2.86. The predicted molar refractivity (Wildman–Crippen MR) is 126 cm³/mol. The first-order chi connectivity index (χ1) is 16.0. The average molecular weight is 448 g/mol. The SMILES string of the molecule is CCOc1cc(C(=O)N2CCN(c3cc(C)nc(C)n3)CC2)ccc1OCc1ccncc1. The van der Waals surface area contributed by atoms with Crippen LogP contribution in [0.4, 0.5) is 5.82 Å². The molecule has 0 N–H and O–H groups in total. The highest BCUT2D eigenvalue weighted by atomic mass is 16.5. The molecule has 3 aromatic rings. The average Bonchev–Trinajstić information content (AvgIpc) is 2.83. The van der Waals surface area contributed by atoms with E-state index in [-0.39, 0.29) is 5.91 Å². The van der Waals surface area contributed by atoms with Gasteiger partial charge < -0.3 is 19.3 Å². The van der Waals surface area contributed by atoms with Crippen molar-refractivity contribution in [1.29, 1.82) is 0 Å². The standard InChI is InChI=1S/C25H29N5O3/c1-4-32-23-16-21(5-6-22(23)33-17-20-7-9-26-10-8-20)25(31)30-13-11-29(12-14-30)24-15-18(2)27-19(3)28-24/h5-10,15-16H,4,11-14,17H2,1-3H3. The van der Waals surface area contributed by atoms with Crippen LogP contribution in [0, 0.1) is 13.8 Å². The summed E-state index contributed by atoms with van der Waals surface area (Å²) in [4.78, 5) is 30.2. The zero-order valence-electron chi connectivity index (χ0n) is 19.3. The molecule has 4 rings (SSSR count). The smallest absolute Gasteiger partial charge is 0.254 e. The summed E-state index contributed by atoms with van der Waals surface area (Å²) >= 11 is 0. The molecule has 33 heavy (non-hydrogen) atoms. The number of anilines is 1. The van der Waals surface area contributed by atoms with Gasteiger partial charge in [-0.1, -0.05) is 0 Å². The summed E-state index contributed by atoms with van der Waals surface area (Å²) < 4.78 is 11.7. The van der Waals surface area contributed by atoms with Gasteiger partial charge in [0.1, 0.15) is 18.2 Å². The number of aromatic nitrogens is 3. The summed E-state index contributed by atoms with van der Waals surface area (Å²) in [6.07, 6.45) is 3.47. The molecule has 0 saturated carbocycles. The number of pyridine rings is 1. The van der Waals surface area contributed by atoms with Gasteiger partial charge in [-0.3, -0.25) is 9.78 Å². The van der Waals surface area contributed by atoms with Gasteiger partial charge >= 0.3 is 0 Å². The molecule has 1 saturated heterocycles. The lowest BCUT2D eigenvalue weighted by Crippen LogP contribution is -2.49. The van der Waals surface area contributed by atoms with Crippen molar-refractivity contribution in [3.63, 3.8) is 0 Å². The largest absolute Gasteiger partial charge is 0.490 e. The van der Waals surface area contributed by atoms with Gasteiger partial charge in [0, 0.05) is 55.9 Å². The summed E-state index contributed by atoms with van der Waals surface area (Å²) in [6, 6.07) is 11.2. The predicted octanol–water partition coefficient (Wildman–Crippen LogP) is 3.43. The quantitative estimate of drug-likeness (QED) is 0.549. The van der Waals surface area contributed by atoms with Crippen molar-refractivity contribution in [3.8, 4) is 11.5 Å². The summed E-state index contributed by atoms with van der Waals surface area (Å²) in [5.41, 5.74) is 2.56. The molecule has 0 atom stereocenters. The van der Waals surface area contributed by atoms with E-state index in [4.69, 9.17) is 9.47 Å². The first-order valence-electron chi connectivity index (χ1n) is 11.2. The molecule has 8 nitrogen and oxygen atoms in total. The van der Waals surface area contributed by atoms with Crippen LogP contribution in [0.25, 0.3) is 0 Å². The van der Waals surface area contributed by atoms with Crippen LogP contribution in [-0.2, 0) is 6.61 Å². The van der Waals surface area contributed by atoms with E-state index in [9.17, 15) is 4.79 Å². The Hall–Kier alpha value is -3.68. The van der Waals surface area contributed by atoms with Gasteiger partial charge in [0.15, 0.2) is 11.5 Å². The molecule has 1 aliphatic heterocycles. The summed E-state index contributed by atoms with van der Waals surface area (Å²) in [6.45, 7) is 9.39.